The number of thioether (sulfide) groups is 1. The second-order valence-corrected chi connectivity index (χ2v) is 8.55. The molecule has 0 saturated heterocycles. The molecule has 0 bridgehead atoms. The molecular weight excluding hydrogens is 336 g/mol. The molecule has 2 rings (SSSR count). The maximum absolute atomic E-state index is 10.6. The number of carboxylic acids is 1. The summed E-state index contributed by atoms with van der Waals surface area (Å²) in [5.74, 6) is 2.25. The second-order valence-electron chi connectivity index (χ2n) is 7.44. The molecule has 0 aliphatic heterocycles. The summed E-state index contributed by atoms with van der Waals surface area (Å²) in [4.78, 5) is 10.6. The maximum atomic E-state index is 10.6. The van der Waals surface area contributed by atoms with Gasteiger partial charge in [-0.15, -0.1) is 0 Å². The molecule has 0 heterocycles. The van der Waals surface area contributed by atoms with Gasteiger partial charge in [0, 0.05) is 5.92 Å². The Kier molecular flexibility index (Phi) is 8.53. The van der Waals surface area contributed by atoms with Gasteiger partial charge in [0.05, 0.1) is 18.0 Å². The lowest BCUT2D eigenvalue weighted by Gasteiger charge is -2.19. The highest BCUT2D eigenvalue weighted by molar-refractivity contribution is 7.99. The Morgan fingerprint density at radius 2 is 2.08 bits per heavy atom. The van der Waals surface area contributed by atoms with Crippen molar-refractivity contribution in [1.29, 1.82) is 0 Å². The van der Waals surface area contributed by atoms with Crippen LogP contribution in [0.3, 0.4) is 0 Å². The number of carbonyl (C=O) groups is 1. The predicted molar refractivity (Wildman–Crippen MR) is 103 cm³/mol. The number of aliphatic hydroxyl groups is 2. The molecule has 2 saturated carbocycles. The van der Waals surface area contributed by atoms with Gasteiger partial charge in [0.2, 0.25) is 0 Å². The lowest BCUT2D eigenvalue weighted by Crippen LogP contribution is -2.18. The molecule has 0 aromatic carbocycles. The van der Waals surface area contributed by atoms with Crippen molar-refractivity contribution in [3.8, 4) is 0 Å². The van der Waals surface area contributed by atoms with Crippen molar-refractivity contribution in [3.63, 3.8) is 0 Å². The monoisotopic (exact) mass is 368 g/mol. The summed E-state index contributed by atoms with van der Waals surface area (Å²) in [7, 11) is 0. The van der Waals surface area contributed by atoms with Crippen molar-refractivity contribution in [3.05, 3.63) is 24.3 Å². The zero-order valence-electron chi connectivity index (χ0n) is 15.1. The summed E-state index contributed by atoms with van der Waals surface area (Å²) < 4.78 is 0. The number of aliphatic carboxylic acids is 1. The molecule has 25 heavy (non-hydrogen) atoms. The molecular formula is C20H32O4S. The zero-order chi connectivity index (χ0) is 18.2. The minimum Gasteiger partial charge on any atom is -0.481 e. The minimum absolute atomic E-state index is 0.159. The molecule has 0 aromatic heterocycles. The molecule has 2 unspecified atom stereocenters. The molecule has 3 N–H and O–H groups in total. The Morgan fingerprint density at radius 3 is 2.80 bits per heavy atom. The highest BCUT2D eigenvalue weighted by atomic mass is 32.2. The summed E-state index contributed by atoms with van der Waals surface area (Å²) in [5, 5.41) is 29.1. The van der Waals surface area contributed by atoms with E-state index in [-0.39, 0.29) is 17.8 Å². The number of rotatable bonds is 10. The molecule has 2 aliphatic rings. The zero-order valence-corrected chi connectivity index (χ0v) is 15.9. The number of carboxylic acid groups (broad SMARTS) is 1. The van der Waals surface area contributed by atoms with Gasteiger partial charge in [-0.3, -0.25) is 4.79 Å². The Morgan fingerprint density at radius 1 is 1.28 bits per heavy atom. The van der Waals surface area contributed by atoms with Gasteiger partial charge in [-0.2, -0.15) is 11.8 Å². The topological polar surface area (TPSA) is 77.8 Å². The van der Waals surface area contributed by atoms with E-state index in [0.29, 0.717) is 24.2 Å². The number of aliphatic hydroxyl groups excluding tert-OH is 2. The molecule has 2 aliphatic carbocycles. The standard InChI is InChI=1S/C20H32O4S/c1-2-3-4-5-16(21)6-7-17-18-11-14(8-9-25-13-20(23)24)10-15(18)12-19(17)22/h3-4,6-7,14-19,21-22H,2,5,8-13H2,1H3,(H,23,24)/b4-3+,7-6?/t14?,15-,16?,17+,18-,19+/m1/s1. The third-order valence-electron chi connectivity index (χ3n) is 5.56. The van der Waals surface area contributed by atoms with Gasteiger partial charge in [0.15, 0.2) is 0 Å². The minimum atomic E-state index is -0.742. The first-order chi connectivity index (χ1) is 12.0. The lowest BCUT2D eigenvalue weighted by atomic mass is 9.89. The number of hydrogen-bond donors (Lipinski definition) is 3. The third-order valence-corrected chi connectivity index (χ3v) is 6.54. The van der Waals surface area contributed by atoms with E-state index in [1.165, 1.54) is 11.8 Å². The van der Waals surface area contributed by atoms with Crippen molar-refractivity contribution in [1.82, 2.24) is 0 Å². The fourth-order valence-electron chi connectivity index (χ4n) is 4.43. The fourth-order valence-corrected chi connectivity index (χ4v) is 5.24. The van der Waals surface area contributed by atoms with Crippen LogP contribution in [0.1, 0.15) is 45.4 Å². The van der Waals surface area contributed by atoms with Crippen LogP contribution in [0, 0.1) is 23.7 Å². The fraction of sp³-hybridized carbons (Fsp3) is 0.750. The van der Waals surface area contributed by atoms with E-state index < -0.39 is 12.1 Å². The first kappa shape index (κ1) is 20.5. The summed E-state index contributed by atoms with van der Waals surface area (Å²) in [6.45, 7) is 2.07. The Bertz CT molecular complexity index is 476. The average molecular weight is 369 g/mol. The molecule has 0 spiro atoms. The predicted octanol–water partition coefficient (Wildman–Crippen LogP) is 3.49. The summed E-state index contributed by atoms with van der Waals surface area (Å²) in [6, 6.07) is 0. The summed E-state index contributed by atoms with van der Waals surface area (Å²) in [5.41, 5.74) is 0. The van der Waals surface area contributed by atoms with Gasteiger partial charge >= 0.3 is 5.97 Å². The van der Waals surface area contributed by atoms with Crippen molar-refractivity contribution in [2.45, 2.75) is 57.7 Å². The van der Waals surface area contributed by atoms with Crippen LogP contribution in [-0.2, 0) is 4.79 Å². The van der Waals surface area contributed by atoms with Crippen molar-refractivity contribution < 1.29 is 20.1 Å². The van der Waals surface area contributed by atoms with Crippen molar-refractivity contribution in [2.75, 3.05) is 11.5 Å². The van der Waals surface area contributed by atoms with E-state index in [2.05, 4.69) is 13.0 Å². The van der Waals surface area contributed by atoms with Crippen LogP contribution >= 0.6 is 11.8 Å². The van der Waals surface area contributed by atoms with Crippen LogP contribution in [0.25, 0.3) is 0 Å². The van der Waals surface area contributed by atoms with E-state index in [1.807, 2.05) is 18.2 Å². The van der Waals surface area contributed by atoms with Crippen LogP contribution in [0.4, 0.5) is 0 Å². The average Bonchev–Trinajstić information content (AvgIpc) is 3.06. The molecule has 0 aromatic rings. The van der Waals surface area contributed by atoms with Gasteiger partial charge in [0.25, 0.3) is 0 Å². The molecule has 5 heteroatoms. The number of fused-ring (bicyclic) bond motifs is 1. The molecule has 2 fully saturated rings. The molecule has 142 valence electrons. The number of hydrogen-bond acceptors (Lipinski definition) is 4. The van der Waals surface area contributed by atoms with Crippen LogP contribution in [0.2, 0.25) is 0 Å². The lowest BCUT2D eigenvalue weighted by molar-refractivity contribution is -0.133. The normalized spacial score (nSPS) is 33.3. The van der Waals surface area contributed by atoms with E-state index in [9.17, 15) is 15.0 Å². The van der Waals surface area contributed by atoms with E-state index >= 15 is 0 Å². The van der Waals surface area contributed by atoms with Gasteiger partial charge in [-0.05, 0) is 62.0 Å². The Labute approximate surface area is 155 Å². The van der Waals surface area contributed by atoms with Gasteiger partial charge in [-0.1, -0.05) is 31.2 Å². The van der Waals surface area contributed by atoms with Gasteiger partial charge < -0.3 is 15.3 Å². The highest BCUT2D eigenvalue weighted by Gasteiger charge is 2.46. The van der Waals surface area contributed by atoms with Gasteiger partial charge in [0.1, 0.15) is 0 Å². The third kappa shape index (κ3) is 6.46. The largest absolute Gasteiger partial charge is 0.481 e. The van der Waals surface area contributed by atoms with Crippen LogP contribution < -0.4 is 0 Å². The Balaban J connectivity index is 1.79. The second kappa shape index (κ2) is 10.4. The molecule has 0 radical (unpaired) electrons. The first-order valence-corrected chi connectivity index (χ1v) is 10.7. The Hall–Kier alpha value is -0.780. The quantitative estimate of drug-likeness (QED) is 0.406. The van der Waals surface area contributed by atoms with E-state index in [1.54, 1.807) is 0 Å². The highest BCUT2D eigenvalue weighted by Crippen LogP contribution is 2.51. The van der Waals surface area contributed by atoms with Crippen LogP contribution in [-0.4, -0.2) is 45.0 Å². The van der Waals surface area contributed by atoms with E-state index in [0.717, 1.165) is 37.9 Å². The SMILES string of the molecule is CC/C=C/CC(O)C=C[C@H]1[C@@H]2CC(CCSCC(=O)O)C[C@@H]2C[C@@H]1O. The van der Waals surface area contributed by atoms with E-state index in [4.69, 9.17) is 5.11 Å². The van der Waals surface area contributed by atoms with Crippen LogP contribution in [0.5, 0.6) is 0 Å². The van der Waals surface area contributed by atoms with Crippen LogP contribution in [0.15, 0.2) is 24.3 Å². The molecule has 4 nitrogen and oxygen atoms in total. The number of allylic oxidation sites excluding steroid dienone is 1. The first-order valence-electron chi connectivity index (χ1n) is 9.50. The summed E-state index contributed by atoms with van der Waals surface area (Å²) >= 11 is 1.50. The van der Waals surface area contributed by atoms with Crippen molar-refractivity contribution in [2.24, 2.45) is 23.7 Å². The smallest absolute Gasteiger partial charge is 0.313 e. The van der Waals surface area contributed by atoms with Gasteiger partial charge in [-0.25, -0.2) is 0 Å². The van der Waals surface area contributed by atoms with Crippen molar-refractivity contribution >= 4 is 17.7 Å². The maximum Gasteiger partial charge on any atom is 0.313 e. The summed E-state index contributed by atoms with van der Waals surface area (Å²) in [6.07, 6.45) is 13.0. The molecule has 6 atom stereocenters. The molecule has 0 amide bonds.